The van der Waals surface area contributed by atoms with Crippen LogP contribution in [0.4, 0.5) is 0 Å². The van der Waals surface area contributed by atoms with Gasteiger partial charge in [-0.2, -0.15) is 0 Å². The van der Waals surface area contributed by atoms with Crippen molar-refractivity contribution in [3.05, 3.63) is 35.4 Å². The number of ether oxygens (including phenoxy) is 2. The minimum Gasteiger partial charge on any atom is -0.493 e. The maximum Gasteiger partial charge on any atom is 0.328 e. The van der Waals surface area contributed by atoms with Gasteiger partial charge in [0, 0.05) is 6.08 Å². The van der Waals surface area contributed by atoms with Crippen LogP contribution in [0.15, 0.2) is 29.8 Å². The molecule has 0 heterocycles. The molecule has 0 atom stereocenters. The van der Waals surface area contributed by atoms with Gasteiger partial charge in [0.1, 0.15) is 6.61 Å². The van der Waals surface area contributed by atoms with Crippen molar-refractivity contribution in [1.82, 2.24) is 0 Å². The topological polar surface area (TPSA) is 55.8 Å². The minimum absolute atomic E-state index is 0.228. The van der Waals surface area contributed by atoms with Crippen molar-refractivity contribution in [3.63, 3.8) is 0 Å². The molecule has 0 saturated carbocycles. The Kier molecular flexibility index (Phi) is 4.57. The predicted octanol–water partition coefficient (Wildman–Crippen LogP) is 2.41. The molecule has 92 valence electrons. The molecule has 1 rings (SSSR count). The monoisotopic (exact) mass is 236 g/mol. The van der Waals surface area contributed by atoms with E-state index in [-0.39, 0.29) is 6.61 Å². The summed E-state index contributed by atoms with van der Waals surface area (Å²) >= 11 is 0. The SMILES string of the molecule is COc1cc(C)ccc1OCC(C)=CC(=O)O. The molecule has 0 aromatic heterocycles. The van der Waals surface area contributed by atoms with Crippen LogP contribution in [0, 0.1) is 6.92 Å². The summed E-state index contributed by atoms with van der Waals surface area (Å²) in [4.78, 5) is 10.4. The van der Waals surface area contributed by atoms with Gasteiger partial charge in [-0.15, -0.1) is 0 Å². The Balaban J connectivity index is 2.72. The Labute approximate surface area is 100 Å². The highest BCUT2D eigenvalue weighted by atomic mass is 16.5. The van der Waals surface area contributed by atoms with Crippen molar-refractivity contribution < 1.29 is 19.4 Å². The van der Waals surface area contributed by atoms with Crippen molar-refractivity contribution in [2.75, 3.05) is 13.7 Å². The molecule has 1 N–H and O–H groups in total. The number of aliphatic carboxylic acids is 1. The second-order valence-corrected chi connectivity index (χ2v) is 3.77. The van der Waals surface area contributed by atoms with Gasteiger partial charge >= 0.3 is 5.97 Å². The van der Waals surface area contributed by atoms with Crippen molar-refractivity contribution in [2.24, 2.45) is 0 Å². The Morgan fingerprint density at radius 2 is 2.12 bits per heavy atom. The summed E-state index contributed by atoms with van der Waals surface area (Å²) in [6, 6.07) is 5.59. The number of benzene rings is 1. The van der Waals surface area contributed by atoms with Crippen LogP contribution in [0.25, 0.3) is 0 Å². The molecule has 17 heavy (non-hydrogen) atoms. The molecule has 4 nitrogen and oxygen atoms in total. The normalized spacial score (nSPS) is 11.1. The molecule has 0 radical (unpaired) electrons. The maximum atomic E-state index is 10.4. The molecule has 0 amide bonds. The summed E-state index contributed by atoms with van der Waals surface area (Å²) < 4.78 is 10.7. The lowest BCUT2D eigenvalue weighted by molar-refractivity contribution is -0.131. The highest BCUT2D eigenvalue weighted by Crippen LogP contribution is 2.27. The molecule has 0 aliphatic rings. The van der Waals surface area contributed by atoms with Crippen molar-refractivity contribution in [2.45, 2.75) is 13.8 Å². The third-order valence-electron chi connectivity index (χ3n) is 2.14. The number of carboxylic acid groups (broad SMARTS) is 1. The molecule has 0 aliphatic heterocycles. The van der Waals surface area contributed by atoms with Crippen LogP contribution in [-0.2, 0) is 4.79 Å². The van der Waals surface area contributed by atoms with E-state index in [2.05, 4.69) is 0 Å². The third kappa shape index (κ3) is 4.18. The number of hydrogen-bond acceptors (Lipinski definition) is 3. The van der Waals surface area contributed by atoms with Crippen LogP contribution >= 0.6 is 0 Å². The highest BCUT2D eigenvalue weighted by Gasteiger charge is 2.04. The fourth-order valence-corrected chi connectivity index (χ4v) is 1.34. The van der Waals surface area contributed by atoms with Gasteiger partial charge in [-0.05, 0) is 37.1 Å². The summed E-state index contributed by atoms with van der Waals surface area (Å²) in [5, 5.41) is 8.56. The molecule has 0 spiro atoms. The average Bonchev–Trinajstić information content (AvgIpc) is 2.26. The molecule has 1 aromatic carbocycles. The van der Waals surface area contributed by atoms with Crippen molar-refractivity contribution >= 4 is 5.97 Å². The fraction of sp³-hybridized carbons (Fsp3) is 0.308. The van der Waals surface area contributed by atoms with Crippen LogP contribution in [0.2, 0.25) is 0 Å². The van der Waals surface area contributed by atoms with E-state index in [1.807, 2.05) is 25.1 Å². The predicted molar refractivity (Wildman–Crippen MR) is 64.6 cm³/mol. The first-order valence-corrected chi connectivity index (χ1v) is 5.20. The molecular weight excluding hydrogens is 220 g/mol. The Hall–Kier alpha value is -1.97. The van der Waals surface area contributed by atoms with Crippen LogP contribution in [0.1, 0.15) is 12.5 Å². The van der Waals surface area contributed by atoms with E-state index in [0.29, 0.717) is 17.1 Å². The van der Waals surface area contributed by atoms with E-state index in [0.717, 1.165) is 11.6 Å². The van der Waals surface area contributed by atoms with E-state index < -0.39 is 5.97 Å². The number of rotatable bonds is 5. The second-order valence-electron chi connectivity index (χ2n) is 3.77. The van der Waals surface area contributed by atoms with E-state index in [4.69, 9.17) is 14.6 Å². The lowest BCUT2D eigenvalue weighted by Gasteiger charge is -2.11. The first-order valence-electron chi connectivity index (χ1n) is 5.20. The van der Waals surface area contributed by atoms with E-state index >= 15 is 0 Å². The fourth-order valence-electron chi connectivity index (χ4n) is 1.34. The molecule has 1 aromatic rings. The zero-order valence-corrected chi connectivity index (χ0v) is 10.2. The average molecular weight is 236 g/mol. The first kappa shape index (κ1) is 13.1. The number of aryl methyl sites for hydroxylation is 1. The number of carbonyl (C=O) groups is 1. The smallest absolute Gasteiger partial charge is 0.328 e. The van der Waals surface area contributed by atoms with E-state index in [9.17, 15) is 4.79 Å². The molecule has 0 saturated heterocycles. The largest absolute Gasteiger partial charge is 0.493 e. The third-order valence-corrected chi connectivity index (χ3v) is 2.14. The van der Waals surface area contributed by atoms with Crippen molar-refractivity contribution in [3.8, 4) is 11.5 Å². The zero-order valence-electron chi connectivity index (χ0n) is 10.2. The van der Waals surface area contributed by atoms with Crippen LogP contribution < -0.4 is 9.47 Å². The Morgan fingerprint density at radius 3 is 2.71 bits per heavy atom. The van der Waals surface area contributed by atoms with Crippen LogP contribution in [-0.4, -0.2) is 24.8 Å². The number of hydrogen-bond donors (Lipinski definition) is 1. The number of methoxy groups -OCH3 is 1. The molecule has 4 heteroatoms. The quantitative estimate of drug-likeness (QED) is 0.798. The molecule has 0 bridgehead atoms. The van der Waals surface area contributed by atoms with Gasteiger partial charge in [0.2, 0.25) is 0 Å². The summed E-state index contributed by atoms with van der Waals surface area (Å²) in [7, 11) is 1.57. The van der Waals surface area contributed by atoms with Crippen LogP contribution in [0.5, 0.6) is 11.5 Å². The molecular formula is C13H16O4. The van der Waals surface area contributed by atoms with Gasteiger partial charge < -0.3 is 14.6 Å². The summed E-state index contributed by atoms with van der Waals surface area (Å²) in [6.45, 7) is 3.89. The highest BCUT2D eigenvalue weighted by molar-refractivity contribution is 5.80. The van der Waals surface area contributed by atoms with Gasteiger partial charge in [0.15, 0.2) is 11.5 Å². The van der Waals surface area contributed by atoms with Gasteiger partial charge in [0.05, 0.1) is 7.11 Å². The standard InChI is InChI=1S/C13H16O4/c1-9-4-5-11(12(6-9)16-3)17-8-10(2)7-13(14)15/h4-7H,8H2,1-3H3,(H,14,15). The number of carboxylic acids is 1. The summed E-state index contributed by atoms with van der Waals surface area (Å²) in [5.74, 6) is 0.284. The maximum absolute atomic E-state index is 10.4. The van der Waals surface area contributed by atoms with Gasteiger partial charge in [-0.1, -0.05) is 6.07 Å². The lowest BCUT2D eigenvalue weighted by Crippen LogP contribution is -2.02. The van der Waals surface area contributed by atoms with E-state index in [1.165, 1.54) is 0 Å². The van der Waals surface area contributed by atoms with Crippen molar-refractivity contribution in [1.29, 1.82) is 0 Å². The van der Waals surface area contributed by atoms with E-state index in [1.54, 1.807) is 14.0 Å². The van der Waals surface area contributed by atoms with Gasteiger partial charge in [0.25, 0.3) is 0 Å². The molecule has 0 aliphatic carbocycles. The second kappa shape index (κ2) is 5.94. The minimum atomic E-state index is -0.970. The Bertz CT molecular complexity index is 435. The molecule has 0 unspecified atom stereocenters. The van der Waals surface area contributed by atoms with Gasteiger partial charge in [-0.3, -0.25) is 0 Å². The Morgan fingerprint density at radius 1 is 1.41 bits per heavy atom. The molecule has 0 fully saturated rings. The summed E-state index contributed by atoms with van der Waals surface area (Å²) in [6.07, 6.45) is 1.13. The lowest BCUT2D eigenvalue weighted by atomic mass is 10.2. The first-order chi connectivity index (χ1) is 8.02. The summed E-state index contributed by atoms with van der Waals surface area (Å²) in [5.41, 5.74) is 1.71. The van der Waals surface area contributed by atoms with Crippen LogP contribution in [0.3, 0.4) is 0 Å². The van der Waals surface area contributed by atoms with Gasteiger partial charge in [-0.25, -0.2) is 4.79 Å². The zero-order chi connectivity index (χ0) is 12.8.